The molecule has 0 radical (unpaired) electrons. The lowest BCUT2D eigenvalue weighted by molar-refractivity contribution is -0.115. The predicted octanol–water partition coefficient (Wildman–Crippen LogP) is 10.7. The van der Waals surface area contributed by atoms with Crippen LogP contribution in [-0.2, 0) is 4.79 Å². The van der Waals surface area contributed by atoms with Crippen LogP contribution in [0, 0.1) is 48.5 Å². The molecule has 0 saturated heterocycles. The van der Waals surface area contributed by atoms with Crippen LogP contribution in [0.25, 0.3) is 11.1 Å². The third-order valence-electron chi connectivity index (χ3n) is 7.95. The molecule has 1 amide bonds. The van der Waals surface area contributed by atoms with Crippen molar-refractivity contribution in [3.63, 3.8) is 0 Å². The summed E-state index contributed by atoms with van der Waals surface area (Å²) in [6.07, 6.45) is 0. The zero-order valence-electron chi connectivity index (χ0n) is 26.0. The van der Waals surface area contributed by atoms with E-state index in [9.17, 15) is 4.79 Å². The molecule has 0 heterocycles. The summed E-state index contributed by atoms with van der Waals surface area (Å²) in [7, 11) is 0. The lowest BCUT2D eigenvalue weighted by atomic mass is 9.94. The fourth-order valence-corrected chi connectivity index (χ4v) is 5.91. The van der Waals surface area contributed by atoms with E-state index in [1.165, 1.54) is 39.1 Å². The molecule has 42 heavy (non-hydrogen) atoms. The van der Waals surface area contributed by atoms with E-state index in [-0.39, 0.29) is 5.91 Å². The zero-order chi connectivity index (χ0) is 30.1. The summed E-state index contributed by atoms with van der Waals surface area (Å²) in [5.41, 5.74) is 15.8. The molecular weight excluding hydrogens is 512 g/mol. The lowest BCUT2D eigenvalue weighted by Gasteiger charge is -2.30. The van der Waals surface area contributed by atoms with Crippen molar-refractivity contribution in [2.75, 3.05) is 9.80 Å². The van der Waals surface area contributed by atoms with Gasteiger partial charge >= 0.3 is 0 Å². The second kappa shape index (κ2) is 11.7. The first-order valence-electron chi connectivity index (χ1n) is 14.6. The van der Waals surface area contributed by atoms with E-state index in [2.05, 4.69) is 126 Å². The Morgan fingerprint density at radius 2 is 0.762 bits per heavy atom. The monoisotopic (exact) mass is 552 g/mol. The summed E-state index contributed by atoms with van der Waals surface area (Å²) in [5.74, 6) is 0.00106. The highest BCUT2D eigenvalue weighted by Crippen LogP contribution is 2.42. The fourth-order valence-electron chi connectivity index (χ4n) is 5.91. The van der Waals surface area contributed by atoms with Crippen LogP contribution in [-0.4, -0.2) is 5.91 Å². The molecule has 0 aliphatic rings. The molecule has 0 unspecified atom stereocenters. The first-order chi connectivity index (χ1) is 20.0. The highest BCUT2D eigenvalue weighted by atomic mass is 16.2. The topological polar surface area (TPSA) is 23.6 Å². The van der Waals surface area contributed by atoms with Gasteiger partial charge in [0.05, 0.1) is 11.4 Å². The van der Waals surface area contributed by atoms with E-state index in [1.807, 2.05) is 29.2 Å². The highest BCUT2D eigenvalue weighted by molar-refractivity contribution is 6.01. The summed E-state index contributed by atoms with van der Waals surface area (Å²) in [6.45, 7) is 16.5. The van der Waals surface area contributed by atoms with Gasteiger partial charge in [-0.1, -0.05) is 53.1 Å². The van der Waals surface area contributed by atoms with Gasteiger partial charge in [-0.15, -0.1) is 0 Å². The standard InChI is InChI=1S/C39H40N2O/c1-25-9-15-35(16-10-25)40(32(8)42)38-28(4)21-33(22-29(38)5)34-23-30(6)39(31(7)24-34)41(36-17-11-26(2)12-18-36)37-19-13-27(3)14-20-37/h9-24H,1-8H3. The van der Waals surface area contributed by atoms with Gasteiger partial charge in [0.25, 0.3) is 0 Å². The summed E-state index contributed by atoms with van der Waals surface area (Å²) < 4.78 is 0. The second-order valence-electron chi connectivity index (χ2n) is 11.6. The molecule has 0 N–H and O–H groups in total. The van der Waals surface area contributed by atoms with Crippen LogP contribution in [0.1, 0.15) is 45.9 Å². The largest absolute Gasteiger partial charge is 0.310 e. The Labute approximate surface area is 251 Å². The Bertz CT molecular complexity index is 1660. The molecular formula is C39H40N2O. The minimum Gasteiger partial charge on any atom is -0.310 e. The summed E-state index contributed by atoms with van der Waals surface area (Å²) >= 11 is 0. The van der Waals surface area contributed by atoms with Gasteiger partial charge in [0.2, 0.25) is 5.91 Å². The third-order valence-corrected chi connectivity index (χ3v) is 7.95. The normalized spacial score (nSPS) is 11.0. The molecule has 0 fully saturated rings. The van der Waals surface area contributed by atoms with Gasteiger partial charge in [0.1, 0.15) is 0 Å². The maximum absolute atomic E-state index is 12.9. The van der Waals surface area contributed by atoms with Crippen molar-refractivity contribution >= 4 is 34.3 Å². The molecule has 5 aromatic carbocycles. The molecule has 5 aromatic rings. The SMILES string of the molecule is CC(=O)N(c1ccc(C)cc1)c1c(C)cc(-c2cc(C)c(N(c3ccc(C)cc3)c3ccc(C)cc3)c(C)c2)cc1C. The number of carbonyl (C=O) groups excluding carboxylic acids is 1. The molecule has 3 nitrogen and oxygen atoms in total. The van der Waals surface area contributed by atoms with Gasteiger partial charge in [-0.2, -0.15) is 0 Å². The molecule has 0 spiro atoms. The number of nitrogens with zero attached hydrogens (tertiary/aromatic N) is 2. The van der Waals surface area contributed by atoms with Crippen molar-refractivity contribution in [2.24, 2.45) is 0 Å². The lowest BCUT2D eigenvalue weighted by Crippen LogP contribution is -2.24. The van der Waals surface area contributed by atoms with Gasteiger partial charge in [-0.05, 0) is 143 Å². The molecule has 212 valence electrons. The Balaban J connectivity index is 1.59. The number of carbonyl (C=O) groups is 1. The van der Waals surface area contributed by atoms with Gasteiger partial charge < -0.3 is 4.90 Å². The Kier molecular flexibility index (Phi) is 8.04. The molecule has 0 aliphatic heterocycles. The van der Waals surface area contributed by atoms with Gasteiger partial charge in [0.15, 0.2) is 0 Å². The maximum atomic E-state index is 12.9. The van der Waals surface area contributed by atoms with Crippen molar-refractivity contribution in [3.8, 4) is 11.1 Å². The molecule has 3 heteroatoms. The molecule has 0 bridgehead atoms. The van der Waals surface area contributed by atoms with Crippen LogP contribution in [0.3, 0.4) is 0 Å². The van der Waals surface area contributed by atoms with E-state index in [0.29, 0.717) is 0 Å². The number of rotatable bonds is 6. The molecule has 0 aliphatic carbocycles. The van der Waals surface area contributed by atoms with Crippen molar-refractivity contribution in [2.45, 2.75) is 55.4 Å². The number of hydrogen-bond acceptors (Lipinski definition) is 2. The molecule has 0 atom stereocenters. The van der Waals surface area contributed by atoms with Gasteiger partial charge in [-0.25, -0.2) is 0 Å². The summed E-state index contributed by atoms with van der Waals surface area (Å²) in [4.78, 5) is 17.1. The maximum Gasteiger partial charge on any atom is 0.228 e. The smallest absolute Gasteiger partial charge is 0.228 e. The molecule has 5 rings (SSSR count). The van der Waals surface area contributed by atoms with E-state index in [1.54, 1.807) is 6.92 Å². The quantitative estimate of drug-likeness (QED) is 0.209. The Morgan fingerprint density at radius 3 is 1.10 bits per heavy atom. The number of anilines is 5. The van der Waals surface area contributed by atoms with E-state index >= 15 is 0 Å². The average molecular weight is 553 g/mol. The number of benzene rings is 5. The first kappa shape index (κ1) is 28.9. The van der Waals surface area contributed by atoms with Crippen LogP contribution >= 0.6 is 0 Å². The van der Waals surface area contributed by atoms with Crippen LogP contribution in [0.2, 0.25) is 0 Å². The van der Waals surface area contributed by atoms with E-state index < -0.39 is 0 Å². The number of amides is 1. The number of aryl methyl sites for hydroxylation is 7. The number of hydrogen-bond donors (Lipinski definition) is 0. The van der Waals surface area contributed by atoms with Crippen LogP contribution < -0.4 is 9.80 Å². The van der Waals surface area contributed by atoms with Crippen LogP contribution in [0.5, 0.6) is 0 Å². The van der Waals surface area contributed by atoms with E-state index in [0.717, 1.165) is 39.4 Å². The summed E-state index contributed by atoms with van der Waals surface area (Å²) in [5, 5.41) is 0. The van der Waals surface area contributed by atoms with Crippen molar-refractivity contribution in [1.29, 1.82) is 0 Å². The zero-order valence-corrected chi connectivity index (χ0v) is 26.0. The highest BCUT2D eigenvalue weighted by Gasteiger charge is 2.21. The first-order valence-corrected chi connectivity index (χ1v) is 14.6. The van der Waals surface area contributed by atoms with Gasteiger partial charge in [0, 0.05) is 24.0 Å². The minimum atomic E-state index is 0.00106. The van der Waals surface area contributed by atoms with Crippen LogP contribution in [0.15, 0.2) is 97.1 Å². The van der Waals surface area contributed by atoms with Gasteiger partial charge in [-0.3, -0.25) is 9.69 Å². The van der Waals surface area contributed by atoms with Crippen molar-refractivity contribution in [1.82, 2.24) is 0 Å². The Morgan fingerprint density at radius 1 is 0.452 bits per heavy atom. The minimum absolute atomic E-state index is 0.00106. The van der Waals surface area contributed by atoms with Crippen molar-refractivity contribution in [3.05, 3.63) is 136 Å². The molecule has 0 aromatic heterocycles. The fraction of sp³-hybridized carbons (Fsp3) is 0.205. The van der Waals surface area contributed by atoms with E-state index in [4.69, 9.17) is 0 Å². The van der Waals surface area contributed by atoms with Crippen molar-refractivity contribution < 1.29 is 4.79 Å². The van der Waals surface area contributed by atoms with Crippen LogP contribution in [0.4, 0.5) is 28.4 Å². The average Bonchev–Trinajstić information content (AvgIpc) is 2.94. The summed E-state index contributed by atoms with van der Waals surface area (Å²) in [6, 6.07) is 34.6. The third kappa shape index (κ3) is 5.73. The predicted molar refractivity (Wildman–Crippen MR) is 179 cm³/mol. The molecule has 0 saturated carbocycles. The second-order valence-corrected chi connectivity index (χ2v) is 11.6. The Hall–Kier alpha value is -4.63.